The van der Waals surface area contributed by atoms with Crippen molar-refractivity contribution >= 4 is 29.0 Å². The van der Waals surface area contributed by atoms with Crippen LogP contribution in [-0.2, 0) is 9.47 Å². The molecule has 0 bridgehead atoms. The molecule has 0 spiro atoms. The lowest BCUT2D eigenvalue weighted by atomic mass is 10.3. The van der Waals surface area contributed by atoms with Crippen molar-refractivity contribution in [1.82, 2.24) is 9.97 Å². The maximum Gasteiger partial charge on any atom is 0.224 e. The molecule has 1 aromatic rings. The molecule has 1 aromatic heterocycles. The maximum atomic E-state index is 5.91. The summed E-state index contributed by atoms with van der Waals surface area (Å²) in [5.74, 6) is 0.567. The van der Waals surface area contributed by atoms with Gasteiger partial charge in [-0.25, -0.2) is 4.98 Å². The van der Waals surface area contributed by atoms with E-state index in [0.29, 0.717) is 24.1 Å². The minimum Gasteiger partial charge on any atom is -0.382 e. The van der Waals surface area contributed by atoms with Gasteiger partial charge in [0.05, 0.1) is 19.4 Å². The average Bonchev–Trinajstić information content (AvgIpc) is 2.36. The number of hydrogen-bond acceptors (Lipinski definition) is 5. The molecule has 0 saturated heterocycles. The van der Waals surface area contributed by atoms with Crippen LogP contribution in [0.4, 0.5) is 5.82 Å². The highest BCUT2D eigenvalue weighted by molar-refractivity contribution is 6.33. The number of nitrogens with zero attached hydrogens (tertiary/aromatic N) is 2. The predicted octanol–water partition coefficient (Wildman–Crippen LogP) is 2.64. The normalized spacial score (nSPS) is 10.6. The van der Waals surface area contributed by atoms with Crippen LogP contribution < -0.4 is 5.32 Å². The van der Waals surface area contributed by atoms with E-state index in [1.807, 2.05) is 0 Å². The first-order valence-corrected chi connectivity index (χ1v) is 6.48. The zero-order valence-electron chi connectivity index (χ0n) is 10.3. The number of anilines is 1. The number of rotatable bonds is 9. The molecule has 0 saturated carbocycles. The van der Waals surface area contributed by atoms with Gasteiger partial charge in [-0.05, 0) is 24.4 Å². The van der Waals surface area contributed by atoms with Crippen molar-refractivity contribution in [1.29, 1.82) is 0 Å². The summed E-state index contributed by atoms with van der Waals surface area (Å²) in [6, 6.07) is 0. The molecule has 0 unspecified atom stereocenters. The second kappa shape index (κ2) is 9.33. The third-order valence-corrected chi connectivity index (χ3v) is 2.61. The minimum atomic E-state index is 0.185. The molecular formula is C11H17Cl2N3O2. The quantitative estimate of drug-likeness (QED) is 0.560. The average molecular weight is 294 g/mol. The fourth-order valence-electron chi connectivity index (χ4n) is 1.25. The molecule has 18 heavy (non-hydrogen) atoms. The molecule has 1 heterocycles. The van der Waals surface area contributed by atoms with Gasteiger partial charge in [0, 0.05) is 20.3 Å². The lowest BCUT2D eigenvalue weighted by Gasteiger charge is -2.07. The number of ether oxygens (including phenoxy) is 2. The Labute approximate surface area is 117 Å². The van der Waals surface area contributed by atoms with Gasteiger partial charge in [-0.1, -0.05) is 11.6 Å². The molecule has 0 aromatic carbocycles. The minimum absolute atomic E-state index is 0.185. The summed E-state index contributed by atoms with van der Waals surface area (Å²) in [6.07, 6.45) is 3.41. The van der Waals surface area contributed by atoms with E-state index in [4.69, 9.17) is 32.7 Å². The number of unbranched alkanes of at least 4 members (excludes halogenated alkanes) is 1. The highest BCUT2D eigenvalue weighted by atomic mass is 35.5. The molecule has 1 N–H and O–H groups in total. The van der Waals surface area contributed by atoms with Crippen molar-refractivity contribution in [2.75, 3.05) is 38.8 Å². The Morgan fingerprint density at radius 1 is 1.22 bits per heavy atom. The van der Waals surface area contributed by atoms with Gasteiger partial charge in [-0.3, -0.25) is 0 Å². The number of aromatic nitrogens is 2. The Kier molecular flexibility index (Phi) is 8.00. The van der Waals surface area contributed by atoms with E-state index in [2.05, 4.69) is 15.3 Å². The number of hydrogen-bond donors (Lipinski definition) is 1. The van der Waals surface area contributed by atoms with Crippen LogP contribution in [0.5, 0.6) is 0 Å². The Morgan fingerprint density at radius 2 is 2.06 bits per heavy atom. The van der Waals surface area contributed by atoms with E-state index < -0.39 is 0 Å². The maximum absolute atomic E-state index is 5.91. The SMILES string of the molecule is COCCOCCCCNc1nc(Cl)ncc1Cl. The van der Waals surface area contributed by atoms with Crippen LogP contribution in [0, 0.1) is 0 Å². The second-order valence-corrected chi connectivity index (χ2v) is 4.32. The van der Waals surface area contributed by atoms with Crippen molar-refractivity contribution in [2.24, 2.45) is 0 Å². The van der Waals surface area contributed by atoms with Crippen LogP contribution in [0.1, 0.15) is 12.8 Å². The van der Waals surface area contributed by atoms with Crippen molar-refractivity contribution in [2.45, 2.75) is 12.8 Å². The van der Waals surface area contributed by atoms with E-state index in [0.717, 1.165) is 26.0 Å². The molecule has 7 heteroatoms. The van der Waals surface area contributed by atoms with Gasteiger partial charge in [0.2, 0.25) is 5.28 Å². The molecule has 0 fully saturated rings. The summed E-state index contributed by atoms with van der Waals surface area (Å²) in [6.45, 7) is 2.76. The van der Waals surface area contributed by atoms with Gasteiger partial charge in [-0.15, -0.1) is 0 Å². The van der Waals surface area contributed by atoms with E-state index in [1.165, 1.54) is 6.20 Å². The van der Waals surface area contributed by atoms with Crippen molar-refractivity contribution in [3.05, 3.63) is 16.5 Å². The monoisotopic (exact) mass is 293 g/mol. The van der Waals surface area contributed by atoms with Crippen LogP contribution in [0.25, 0.3) is 0 Å². The molecule has 5 nitrogen and oxygen atoms in total. The van der Waals surface area contributed by atoms with Crippen LogP contribution in [0.15, 0.2) is 6.20 Å². The lowest BCUT2D eigenvalue weighted by molar-refractivity contribution is 0.0691. The molecule has 102 valence electrons. The number of halogens is 2. The van der Waals surface area contributed by atoms with Crippen LogP contribution in [0.3, 0.4) is 0 Å². The molecule has 0 radical (unpaired) electrons. The summed E-state index contributed by atoms with van der Waals surface area (Å²) in [5, 5.41) is 3.76. The summed E-state index contributed by atoms with van der Waals surface area (Å²) < 4.78 is 10.2. The number of methoxy groups -OCH3 is 1. The van der Waals surface area contributed by atoms with Crippen LogP contribution in [0.2, 0.25) is 10.3 Å². The van der Waals surface area contributed by atoms with E-state index >= 15 is 0 Å². The predicted molar refractivity (Wildman–Crippen MR) is 72.5 cm³/mol. The molecule has 0 aliphatic carbocycles. The Morgan fingerprint density at radius 3 is 2.83 bits per heavy atom. The highest BCUT2D eigenvalue weighted by Crippen LogP contribution is 2.19. The smallest absolute Gasteiger partial charge is 0.224 e. The fourth-order valence-corrected chi connectivity index (χ4v) is 1.54. The van der Waals surface area contributed by atoms with E-state index in [-0.39, 0.29) is 5.28 Å². The third-order valence-electron chi connectivity index (χ3n) is 2.15. The van der Waals surface area contributed by atoms with Crippen LogP contribution >= 0.6 is 23.2 Å². The highest BCUT2D eigenvalue weighted by Gasteiger charge is 2.02. The van der Waals surface area contributed by atoms with Gasteiger partial charge in [0.15, 0.2) is 0 Å². The molecule has 0 amide bonds. The lowest BCUT2D eigenvalue weighted by Crippen LogP contribution is -2.07. The Balaban J connectivity index is 2.09. The van der Waals surface area contributed by atoms with Crippen molar-refractivity contribution < 1.29 is 9.47 Å². The number of nitrogens with one attached hydrogen (secondary N) is 1. The summed E-state index contributed by atoms with van der Waals surface area (Å²) in [7, 11) is 1.66. The standard InChI is InChI=1S/C11H17Cl2N3O2/c1-17-6-7-18-5-3-2-4-14-10-9(12)8-15-11(13)16-10/h8H,2-7H2,1H3,(H,14,15,16). The Hall–Kier alpha value is -0.620. The first kappa shape index (κ1) is 15.4. The zero-order chi connectivity index (χ0) is 13.2. The van der Waals surface area contributed by atoms with Crippen molar-refractivity contribution in [3.8, 4) is 0 Å². The van der Waals surface area contributed by atoms with Crippen LogP contribution in [-0.4, -0.2) is 43.4 Å². The summed E-state index contributed by atoms with van der Waals surface area (Å²) in [4.78, 5) is 7.77. The van der Waals surface area contributed by atoms with Gasteiger partial charge < -0.3 is 14.8 Å². The topological polar surface area (TPSA) is 56.3 Å². The first-order valence-electron chi connectivity index (χ1n) is 5.72. The molecule has 0 atom stereocenters. The second-order valence-electron chi connectivity index (χ2n) is 3.57. The van der Waals surface area contributed by atoms with Gasteiger partial charge in [0.1, 0.15) is 10.8 Å². The largest absolute Gasteiger partial charge is 0.382 e. The Bertz CT molecular complexity index is 353. The summed E-state index contributed by atoms with van der Waals surface area (Å²) >= 11 is 11.6. The van der Waals surface area contributed by atoms with E-state index in [9.17, 15) is 0 Å². The molecule has 1 rings (SSSR count). The zero-order valence-corrected chi connectivity index (χ0v) is 11.8. The third kappa shape index (κ3) is 6.35. The van der Waals surface area contributed by atoms with E-state index in [1.54, 1.807) is 7.11 Å². The first-order chi connectivity index (χ1) is 8.74. The van der Waals surface area contributed by atoms with Crippen molar-refractivity contribution in [3.63, 3.8) is 0 Å². The molecule has 0 aliphatic heterocycles. The van der Waals surface area contributed by atoms with Gasteiger partial charge >= 0.3 is 0 Å². The van der Waals surface area contributed by atoms with Gasteiger partial charge in [-0.2, -0.15) is 4.98 Å². The summed E-state index contributed by atoms with van der Waals surface area (Å²) in [5.41, 5.74) is 0. The fraction of sp³-hybridized carbons (Fsp3) is 0.636. The van der Waals surface area contributed by atoms with Gasteiger partial charge in [0.25, 0.3) is 0 Å². The molecular weight excluding hydrogens is 277 g/mol. The molecule has 0 aliphatic rings.